The highest BCUT2D eigenvalue weighted by Gasteiger charge is 2.42. The maximum absolute atomic E-state index is 13.8. The van der Waals surface area contributed by atoms with E-state index in [2.05, 4.69) is 29.3 Å². The highest BCUT2D eigenvalue weighted by atomic mass is 35.5. The molecule has 3 aromatic rings. The Morgan fingerprint density at radius 3 is 2.48 bits per heavy atom. The van der Waals surface area contributed by atoms with E-state index < -0.39 is 30.0 Å². The number of ether oxygens (including phenoxy) is 3. The van der Waals surface area contributed by atoms with Gasteiger partial charge in [-0.05, 0) is 63.9 Å². The van der Waals surface area contributed by atoms with Crippen LogP contribution < -0.4 is 4.72 Å². The van der Waals surface area contributed by atoms with Crippen molar-refractivity contribution in [3.8, 4) is 11.4 Å². The third kappa shape index (κ3) is 9.38. The molecule has 1 N–H and O–H groups in total. The zero-order chi connectivity index (χ0) is 32.0. The summed E-state index contributed by atoms with van der Waals surface area (Å²) < 4.78 is 55.2. The lowest BCUT2D eigenvalue weighted by Gasteiger charge is -2.27. The molecule has 1 unspecified atom stereocenters. The number of hydrogen-bond donors (Lipinski definition) is 1. The number of halogens is 2. The van der Waals surface area contributed by atoms with E-state index in [1.54, 1.807) is 18.3 Å². The third-order valence-electron chi connectivity index (χ3n) is 7.40. The van der Waals surface area contributed by atoms with E-state index in [0.717, 1.165) is 30.9 Å². The van der Waals surface area contributed by atoms with Gasteiger partial charge in [0.2, 0.25) is 5.79 Å². The van der Waals surface area contributed by atoms with E-state index >= 15 is 0 Å². The maximum Gasteiger partial charge on any atom is 0.255 e. The quantitative estimate of drug-likeness (QED) is 0.0946. The summed E-state index contributed by atoms with van der Waals surface area (Å²) in [6, 6.07) is 6.80. The number of oxazole rings is 1. The molecule has 1 saturated heterocycles. The van der Waals surface area contributed by atoms with Gasteiger partial charge in [0.15, 0.2) is 0 Å². The predicted octanol–water partition coefficient (Wildman–Crippen LogP) is 7.59. The Morgan fingerprint density at radius 2 is 1.86 bits per heavy atom. The standard InChI is InChI=1S/C31H46ClFN4O5SSi/c1-30(2,3)43(38)36-25(10-8-7-9-15-31(41-18-19-42-31)29-34-16-17-40-29)26-27(32)37(22-39-20-21-44(4,5)6)28(35-26)23-11-13-24(33)14-12-23/h11-14,16-17,25,36H,7-10,15,18-22H2,1-6H3/t25-,43?/m0/s1. The summed E-state index contributed by atoms with van der Waals surface area (Å²) in [6.07, 6.45) is 6.85. The molecule has 2 aromatic heterocycles. The first-order chi connectivity index (χ1) is 20.8. The van der Waals surface area contributed by atoms with Crippen molar-refractivity contribution in [3.05, 3.63) is 59.3 Å². The van der Waals surface area contributed by atoms with E-state index in [1.165, 1.54) is 18.4 Å². The average Bonchev–Trinajstić information content (AvgIpc) is 3.71. The Bertz CT molecular complexity index is 1310. The van der Waals surface area contributed by atoms with Crippen LogP contribution in [0.5, 0.6) is 0 Å². The van der Waals surface area contributed by atoms with Crippen LogP contribution in [0.2, 0.25) is 30.8 Å². The number of benzene rings is 1. The average molecular weight is 669 g/mol. The summed E-state index contributed by atoms with van der Waals surface area (Å²) in [5.74, 6) is -0.262. The number of unbranched alkanes of at least 4 members (excludes halogenated alkanes) is 2. The van der Waals surface area contributed by atoms with Crippen molar-refractivity contribution >= 4 is 31.0 Å². The van der Waals surface area contributed by atoms with Gasteiger partial charge in [0, 0.05) is 38.0 Å². The van der Waals surface area contributed by atoms with Crippen molar-refractivity contribution in [1.29, 1.82) is 0 Å². The summed E-state index contributed by atoms with van der Waals surface area (Å²) in [6.45, 7) is 14.5. The molecular formula is C31H46ClFN4O5SSi. The maximum atomic E-state index is 13.8. The normalized spacial score (nSPS) is 16.8. The minimum Gasteiger partial charge on any atom is -0.598 e. The third-order valence-corrected chi connectivity index (χ3v) is 11.1. The van der Waals surface area contributed by atoms with Crippen LogP contribution in [-0.4, -0.2) is 51.7 Å². The highest BCUT2D eigenvalue weighted by Crippen LogP contribution is 2.37. The minimum absolute atomic E-state index is 0.209. The lowest BCUT2D eigenvalue weighted by molar-refractivity contribution is -0.187. The number of nitrogens with zero attached hydrogens (tertiary/aromatic N) is 3. The first-order valence-electron chi connectivity index (χ1n) is 15.2. The summed E-state index contributed by atoms with van der Waals surface area (Å²) in [5.41, 5.74) is 1.31. The zero-order valence-electron chi connectivity index (χ0n) is 26.7. The van der Waals surface area contributed by atoms with Crippen molar-refractivity contribution in [1.82, 2.24) is 19.3 Å². The molecule has 0 aliphatic carbocycles. The van der Waals surface area contributed by atoms with Crippen molar-refractivity contribution in [2.75, 3.05) is 19.8 Å². The number of rotatable bonds is 16. The van der Waals surface area contributed by atoms with E-state index in [9.17, 15) is 8.94 Å². The van der Waals surface area contributed by atoms with Gasteiger partial charge in [-0.3, -0.25) is 4.57 Å². The van der Waals surface area contributed by atoms with Crippen LogP contribution in [0.3, 0.4) is 0 Å². The molecule has 9 nitrogen and oxygen atoms in total. The number of nitrogens with one attached hydrogen (secondary N) is 1. The van der Waals surface area contributed by atoms with Gasteiger partial charge in [-0.1, -0.05) is 44.1 Å². The van der Waals surface area contributed by atoms with Crippen LogP contribution in [-0.2, 0) is 38.1 Å². The fraction of sp³-hybridized carbons (Fsp3) is 0.613. The van der Waals surface area contributed by atoms with Crippen LogP contribution in [0.25, 0.3) is 11.4 Å². The molecular weight excluding hydrogens is 623 g/mol. The number of imidazole rings is 1. The second-order valence-electron chi connectivity index (χ2n) is 13.3. The van der Waals surface area contributed by atoms with Gasteiger partial charge in [-0.25, -0.2) is 14.4 Å². The molecule has 13 heteroatoms. The Hall–Kier alpha value is -1.77. The van der Waals surface area contributed by atoms with Gasteiger partial charge in [0.25, 0.3) is 5.89 Å². The molecule has 244 valence electrons. The Morgan fingerprint density at radius 1 is 1.16 bits per heavy atom. The molecule has 0 spiro atoms. The van der Waals surface area contributed by atoms with Crippen molar-refractivity contribution in [3.63, 3.8) is 0 Å². The first-order valence-corrected chi connectivity index (χ1v) is 20.5. The Labute approximate surface area is 269 Å². The zero-order valence-corrected chi connectivity index (χ0v) is 29.2. The number of hydrogen-bond acceptors (Lipinski definition) is 8. The van der Waals surface area contributed by atoms with Crippen LogP contribution in [0, 0.1) is 5.82 Å². The molecule has 4 rings (SSSR count). The smallest absolute Gasteiger partial charge is 0.255 e. The molecule has 0 radical (unpaired) electrons. The van der Waals surface area contributed by atoms with Crippen molar-refractivity contribution in [2.24, 2.45) is 0 Å². The van der Waals surface area contributed by atoms with E-state index in [4.69, 9.17) is 35.2 Å². The van der Waals surface area contributed by atoms with Crippen LogP contribution >= 0.6 is 11.6 Å². The predicted molar refractivity (Wildman–Crippen MR) is 174 cm³/mol. The van der Waals surface area contributed by atoms with Crippen LogP contribution in [0.1, 0.15) is 70.5 Å². The summed E-state index contributed by atoms with van der Waals surface area (Å²) in [5, 5.41) is 0.413. The van der Waals surface area contributed by atoms with Crippen LogP contribution in [0.15, 0.2) is 41.1 Å². The number of aromatic nitrogens is 3. The van der Waals surface area contributed by atoms with E-state index in [0.29, 0.717) is 55.2 Å². The van der Waals surface area contributed by atoms with Crippen molar-refractivity contribution in [2.45, 2.75) is 102 Å². The van der Waals surface area contributed by atoms with Gasteiger partial charge < -0.3 is 23.2 Å². The van der Waals surface area contributed by atoms with Crippen LogP contribution in [0.4, 0.5) is 4.39 Å². The molecule has 2 atom stereocenters. The van der Waals surface area contributed by atoms with Gasteiger partial charge >= 0.3 is 0 Å². The molecule has 1 aromatic carbocycles. The SMILES string of the molecule is CC(C)(C)[S+]([O-])N[C@@H](CCCCCC1(c2ncco2)OCCO1)c1nc(-c2ccc(F)cc2)n(COCC[Si](C)(C)C)c1Cl. The molecule has 44 heavy (non-hydrogen) atoms. The second kappa shape index (κ2) is 15.2. The fourth-order valence-electron chi connectivity index (χ4n) is 4.83. The topological polar surface area (TPSA) is 107 Å². The second-order valence-corrected chi connectivity index (χ2v) is 21.3. The van der Waals surface area contributed by atoms with Crippen molar-refractivity contribution < 1.29 is 27.6 Å². The van der Waals surface area contributed by atoms with Gasteiger partial charge in [-0.2, -0.15) is 0 Å². The summed E-state index contributed by atoms with van der Waals surface area (Å²) in [7, 11) is -1.29. The Kier molecular flexibility index (Phi) is 12.1. The van der Waals surface area contributed by atoms with E-state index in [1.807, 2.05) is 25.3 Å². The fourth-order valence-corrected chi connectivity index (χ4v) is 6.73. The van der Waals surface area contributed by atoms with Gasteiger partial charge in [0.05, 0.1) is 31.1 Å². The summed E-state index contributed by atoms with van der Waals surface area (Å²) in [4.78, 5) is 9.23. The highest BCUT2D eigenvalue weighted by molar-refractivity contribution is 7.90. The van der Waals surface area contributed by atoms with E-state index in [-0.39, 0.29) is 18.6 Å². The lowest BCUT2D eigenvalue weighted by Crippen LogP contribution is -2.41. The molecule has 0 bridgehead atoms. The molecule has 3 heterocycles. The molecule has 1 aliphatic heterocycles. The van der Waals surface area contributed by atoms with Gasteiger partial charge in [-0.15, -0.1) is 4.72 Å². The first kappa shape index (κ1) is 35.1. The monoisotopic (exact) mass is 668 g/mol. The summed E-state index contributed by atoms with van der Waals surface area (Å²) >= 11 is 5.67. The molecule has 0 amide bonds. The Balaban J connectivity index is 1.52. The largest absolute Gasteiger partial charge is 0.598 e. The lowest BCUT2D eigenvalue weighted by atomic mass is 10.0. The molecule has 1 fully saturated rings. The molecule has 1 aliphatic rings. The van der Waals surface area contributed by atoms with Gasteiger partial charge in [0.1, 0.15) is 34.5 Å². The molecule has 0 saturated carbocycles. The minimum atomic E-state index is -1.37.